The van der Waals surface area contributed by atoms with Crippen LogP contribution in [0.1, 0.15) is 29.5 Å². The van der Waals surface area contributed by atoms with Crippen LogP contribution in [0.25, 0.3) is 28.2 Å². The first kappa shape index (κ1) is 11.4. The van der Waals surface area contributed by atoms with Crippen LogP contribution in [0.4, 0.5) is 0 Å². The Balaban J connectivity index is 2.11. The fourth-order valence-corrected chi connectivity index (χ4v) is 7.81. The minimum atomic E-state index is 0.646. The lowest BCUT2D eigenvalue weighted by Crippen LogP contribution is -1.77. The maximum atomic E-state index is 2.40. The van der Waals surface area contributed by atoms with Crippen molar-refractivity contribution in [3.63, 3.8) is 0 Å². The smallest absolute Gasteiger partial charge is 0.0650 e. The van der Waals surface area contributed by atoms with E-state index in [9.17, 15) is 0 Å². The zero-order chi connectivity index (χ0) is 12.4. The van der Waals surface area contributed by atoms with Gasteiger partial charge >= 0.3 is 0 Å². The van der Waals surface area contributed by atoms with E-state index in [2.05, 4.69) is 32.9 Å². The fourth-order valence-electron chi connectivity index (χ4n) is 2.25. The highest BCUT2D eigenvalue weighted by atomic mass is 32.1. The van der Waals surface area contributed by atoms with Gasteiger partial charge in [0, 0.05) is 19.2 Å². The Kier molecular flexibility index (Phi) is 2.40. The molecular weight excluding hydrogens is 296 g/mol. The molecule has 4 aromatic rings. The molecule has 0 fully saturated rings. The lowest BCUT2D eigenvalue weighted by molar-refractivity contribution is 0.891. The first-order valence-corrected chi connectivity index (χ1v) is 9.25. The molecule has 0 aromatic carbocycles. The zero-order valence-corrected chi connectivity index (χ0v) is 13.6. The highest BCUT2D eigenvalue weighted by Gasteiger charge is 2.17. The Hall–Kier alpha value is -0.420. The second-order valence-electron chi connectivity index (χ2n) is 4.91. The van der Waals surface area contributed by atoms with Crippen molar-refractivity contribution in [2.45, 2.75) is 26.7 Å². The molecule has 0 atom stereocenters. The van der Waals surface area contributed by atoms with Gasteiger partial charge in [0.25, 0.3) is 0 Å². The second-order valence-corrected chi connectivity index (χ2v) is 9.35. The molecule has 0 bridgehead atoms. The summed E-state index contributed by atoms with van der Waals surface area (Å²) in [6.45, 7) is 6.77. The molecule has 0 aliphatic heterocycles. The van der Waals surface area contributed by atoms with Gasteiger partial charge in [0.1, 0.15) is 0 Å². The average molecular weight is 309 g/mol. The molecule has 0 N–H and O–H groups in total. The average Bonchev–Trinajstić information content (AvgIpc) is 2.95. The molecule has 0 aliphatic rings. The van der Waals surface area contributed by atoms with Crippen LogP contribution in [0.5, 0.6) is 0 Å². The first-order valence-electron chi connectivity index (χ1n) is 5.98. The minimum Gasteiger partial charge on any atom is -0.138 e. The van der Waals surface area contributed by atoms with Gasteiger partial charge in [0.2, 0.25) is 0 Å². The Morgan fingerprint density at radius 1 is 0.778 bits per heavy atom. The van der Waals surface area contributed by atoms with E-state index in [1.807, 2.05) is 45.3 Å². The summed E-state index contributed by atoms with van der Waals surface area (Å²) in [6.07, 6.45) is 0. The van der Waals surface area contributed by atoms with Crippen LogP contribution in [-0.4, -0.2) is 0 Å². The molecule has 0 amide bonds. The highest BCUT2D eigenvalue weighted by molar-refractivity contribution is 7.44. The van der Waals surface area contributed by atoms with Gasteiger partial charge in [-0.05, 0) is 25.0 Å². The number of aryl methyl sites for hydroxylation is 1. The Morgan fingerprint density at radius 2 is 1.39 bits per heavy atom. The third-order valence-electron chi connectivity index (χ3n) is 3.15. The number of rotatable bonds is 1. The second kappa shape index (κ2) is 3.79. The molecule has 4 aromatic heterocycles. The molecule has 4 rings (SSSR count). The Labute approximate surface area is 121 Å². The minimum absolute atomic E-state index is 0.646. The molecule has 0 radical (unpaired) electrons. The molecule has 0 saturated heterocycles. The van der Waals surface area contributed by atoms with E-state index < -0.39 is 0 Å². The largest absolute Gasteiger partial charge is 0.138 e. The van der Waals surface area contributed by atoms with Crippen LogP contribution < -0.4 is 0 Å². The van der Waals surface area contributed by atoms with Gasteiger partial charge in [0.15, 0.2) is 0 Å². The molecule has 0 saturated carbocycles. The predicted molar refractivity (Wildman–Crippen MR) is 89.3 cm³/mol. The third-order valence-corrected chi connectivity index (χ3v) is 8.63. The summed E-state index contributed by atoms with van der Waals surface area (Å²) in [4.78, 5) is 2.95. The van der Waals surface area contributed by atoms with Crippen molar-refractivity contribution in [3.05, 3.63) is 21.9 Å². The van der Waals surface area contributed by atoms with Crippen molar-refractivity contribution in [2.24, 2.45) is 0 Å². The van der Waals surface area contributed by atoms with Gasteiger partial charge in [-0.15, -0.1) is 45.3 Å². The molecule has 0 nitrogen and oxygen atoms in total. The maximum absolute atomic E-state index is 2.40. The lowest BCUT2D eigenvalue weighted by atomic mass is 10.2. The van der Waals surface area contributed by atoms with Gasteiger partial charge in [-0.2, -0.15) is 0 Å². The van der Waals surface area contributed by atoms with Gasteiger partial charge in [-0.3, -0.25) is 0 Å². The Morgan fingerprint density at radius 3 is 2.06 bits per heavy atom. The first-order chi connectivity index (χ1) is 8.63. The number of hydrogen-bond acceptors (Lipinski definition) is 4. The normalized spacial score (nSPS) is 12.7. The summed E-state index contributed by atoms with van der Waals surface area (Å²) in [5, 5.41) is 0. The summed E-state index contributed by atoms with van der Waals surface area (Å²) in [5.41, 5.74) is 0. The van der Waals surface area contributed by atoms with E-state index in [1.54, 1.807) is 0 Å². The fraction of sp³-hybridized carbons (Fsp3) is 0.286. The molecule has 0 aliphatic carbocycles. The highest BCUT2D eigenvalue weighted by Crippen LogP contribution is 2.50. The summed E-state index contributed by atoms with van der Waals surface area (Å²) in [7, 11) is 0. The molecule has 0 spiro atoms. The maximum Gasteiger partial charge on any atom is 0.0650 e. The summed E-state index contributed by atoms with van der Waals surface area (Å²) in [5.74, 6) is 0.646. The predicted octanol–water partition coefficient (Wildman–Crippen LogP) is 6.82. The van der Waals surface area contributed by atoms with Crippen molar-refractivity contribution in [3.8, 4) is 0 Å². The SMILES string of the molecule is Cc1cc2sc3c4sc(C(C)C)cc4sc3c2s1. The van der Waals surface area contributed by atoms with E-state index in [0.29, 0.717) is 5.92 Å². The topological polar surface area (TPSA) is 0 Å². The molecule has 4 heteroatoms. The van der Waals surface area contributed by atoms with E-state index in [-0.39, 0.29) is 0 Å². The van der Waals surface area contributed by atoms with Gasteiger partial charge in [-0.1, -0.05) is 13.8 Å². The van der Waals surface area contributed by atoms with Crippen molar-refractivity contribution in [1.82, 2.24) is 0 Å². The summed E-state index contributed by atoms with van der Waals surface area (Å²) >= 11 is 7.89. The molecule has 18 heavy (non-hydrogen) atoms. The van der Waals surface area contributed by atoms with Crippen molar-refractivity contribution < 1.29 is 0 Å². The molecular formula is C14H12S4. The monoisotopic (exact) mass is 308 g/mol. The van der Waals surface area contributed by atoms with Gasteiger partial charge < -0.3 is 0 Å². The zero-order valence-electron chi connectivity index (χ0n) is 10.4. The van der Waals surface area contributed by atoms with E-state index in [4.69, 9.17) is 0 Å². The van der Waals surface area contributed by atoms with Crippen LogP contribution in [0.2, 0.25) is 0 Å². The Bertz CT molecular complexity index is 866. The third kappa shape index (κ3) is 1.46. The standard InChI is InChI=1S/C14H12S4/c1-6(2)8-5-10-12(16-8)14-13(18-10)11-9(17-14)4-7(3)15-11/h4-6H,1-3H3. The van der Waals surface area contributed by atoms with Crippen LogP contribution in [0, 0.1) is 6.92 Å². The van der Waals surface area contributed by atoms with E-state index >= 15 is 0 Å². The van der Waals surface area contributed by atoms with Crippen molar-refractivity contribution >= 4 is 73.5 Å². The van der Waals surface area contributed by atoms with Crippen LogP contribution in [0.15, 0.2) is 12.1 Å². The van der Waals surface area contributed by atoms with Crippen LogP contribution in [0.3, 0.4) is 0 Å². The number of fused-ring (bicyclic) bond motifs is 5. The molecule has 4 heterocycles. The van der Waals surface area contributed by atoms with E-state index in [1.165, 1.54) is 38.0 Å². The summed E-state index contributed by atoms with van der Waals surface area (Å²) in [6, 6.07) is 4.73. The van der Waals surface area contributed by atoms with Crippen molar-refractivity contribution in [2.75, 3.05) is 0 Å². The number of hydrogen-bond donors (Lipinski definition) is 0. The molecule has 92 valence electrons. The van der Waals surface area contributed by atoms with E-state index in [0.717, 1.165) is 0 Å². The molecule has 0 unspecified atom stereocenters. The van der Waals surface area contributed by atoms with Gasteiger partial charge in [-0.25, -0.2) is 0 Å². The van der Waals surface area contributed by atoms with Crippen LogP contribution in [-0.2, 0) is 0 Å². The lowest BCUT2D eigenvalue weighted by Gasteiger charge is -1.96. The number of thiophene rings is 4. The summed E-state index contributed by atoms with van der Waals surface area (Å²) < 4.78 is 9.02. The quantitative estimate of drug-likeness (QED) is 0.362. The van der Waals surface area contributed by atoms with Gasteiger partial charge in [0.05, 0.1) is 18.8 Å². The van der Waals surface area contributed by atoms with Crippen LogP contribution >= 0.6 is 45.3 Å². The van der Waals surface area contributed by atoms with Crippen molar-refractivity contribution in [1.29, 1.82) is 0 Å².